The van der Waals surface area contributed by atoms with Crippen molar-refractivity contribution in [1.29, 1.82) is 0 Å². The average Bonchev–Trinajstić information content (AvgIpc) is 2.51. The molecule has 1 aromatic rings. The van der Waals surface area contributed by atoms with Crippen LogP contribution in [0.1, 0.15) is 23.2 Å². The van der Waals surface area contributed by atoms with E-state index in [1.807, 2.05) is 0 Å². The number of hydrogen-bond acceptors (Lipinski definition) is 3. The SMILES string of the molecule is COc1cc(Cl)c(NS(=O)O)cc1C(=O)NCC(Cl)CCCCl. The van der Waals surface area contributed by atoms with Crippen LogP contribution in [0.15, 0.2) is 12.1 Å². The van der Waals surface area contributed by atoms with Crippen LogP contribution < -0.4 is 14.8 Å². The molecule has 1 amide bonds. The number of nitrogens with one attached hydrogen (secondary N) is 2. The maximum absolute atomic E-state index is 12.3. The Morgan fingerprint density at radius 2 is 2.17 bits per heavy atom. The highest BCUT2D eigenvalue weighted by atomic mass is 35.5. The van der Waals surface area contributed by atoms with Gasteiger partial charge in [-0.1, -0.05) is 11.6 Å². The lowest BCUT2D eigenvalue weighted by molar-refractivity contribution is 0.0950. The van der Waals surface area contributed by atoms with E-state index < -0.39 is 17.2 Å². The summed E-state index contributed by atoms with van der Waals surface area (Å²) < 4.78 is 27.1. The highest BCUT2D eigenvalue weighted by Crippen LogP contribution is 2.31. The zero-order chi connectivity index (χ0) is 17.4. The van der Waals surface area contributed by atoms with Gasteiger partial charge in [0.15, 0.2) is 0 Å². The van der Waals surface area contributed by atoms with Crippen LogP contribution >= 0.6 is 34.8 Å². The Kier molecular flexibility index (Phi) is 9.01. The van der Waals surface area contributed by atoms with Crippen molar-refractivity contribution in [3.63, 3.8) is 0 Å². The monoisotopic (exact) mass is 402 g/mol. The number of carbonyl (C=O) groups is 1. The fourth-order valence-electron chi connectivity index (χ4n) is 1.77. The number of hydrogen-bond donors (Lipinski definition) is 3. The Hall–Kier alpha value is -0.730. The number of benzene rings is 1. The summed E-state index contributed by atoms with van der Waals surface area (Å²) >= 11 is 15.3. The van der Waals surface area contributed by atoms with E-state index in [-0.39, 0.29) is 33.9 Å². The zero-order valence-corrected chi connectivity index (χ0v) is 15.4. The molecule has 3 N–H and O–H groups in total. The second kappa shape index (κ2) is 10.2. The summed E-state index contributed by atoms with van der Waals surface area (Å²) in [5.41, 5.74) is 0.314. The Bertz CT molecular complexity index is 574. The van der Waals surface area contributed by atoms with Crippen molar-refractivity contribution in [2.75, 3.05) is 24.3 Å². The first kappa shape index (κ1) is 20.3. The molecule has 0 saturated carbocycles. The molecular weight excluding hydrogens is 387 g/mol. The third kappa shape index (κ3) is 6.73. The van der Waals surface area contributed by atoms with Gasteiger partial charge in [0.05, 0.1) is 28.8 Å². The van der Waals surface area contributed by atoms with Crippen LogP contribution in [0.3, 0.4) is 0 Å². The summed E-state index contributed by atoms with van der Waals surface area (Å²) in [7, 11) is 1.39. The quantitative estimate of drug-likeness (QED) is 0.436. The van der Waals surface area contributed by atoms with Crippen LogP contribution in [0.2, 0.25) is 5.02 Å². The predicted octanol–water partition coefficient (Wildman–Crippen LogP) is 3.25. The summed E-state index contributed by atoms with van der Waals surface area (Å²) in [5.74, 6) is 0.325. The number of carbonyl (C=O) groups excluding carboxylic acids is 1. The molecule has 0 saturated heterocycles. The van der Waals surface area contributed by atoms with Crippen LogP contribution in [-0.2, 0) is 11.3 Å². The number of ether oxygens (including phenoxy) is 1. The van der Waals surface area contributed by atoms with E-state index in [9.17, 15) is 9.00 Å². The van der Waals surface area contributed by atoms with Gasteiger partial charge in [0.25, 0.3) is 17.2 Å². The van der Waals surface area contributed by atoms with Gasteiger partial charge < -0.3 is 10.1 Å². The van der Waals surface area contributed by atoms with Crippen molar-refractivity contribution < 1.29 is 18.3 Å². The van der Waals surface area contributed by atoms with Gasteiger partial charge in [0.2, 0.25) is 0 Å². The van der Waals surface area contributed by atoms with Gasteiger partial charge in [-0.15, -0.1) is 23.2 Å². The number of amides is 1. The summed E-state index contributed by atoms with van der Waals surface area (Å²) in [6.07, 6.45) is 1.44. The van der Waals surface area contributed by atoms with E-state index in [4.69, 9.17) is 44.1 Å². The van der Waals surface area contributed by atoms with Gasteiger partial charge in [-0.3, -0.25) is 14.1 Å². The van der Waals surface area contributed by atoms with Gasteiger partial charge in [-0.2, -0.15) is 0 Å². The van der Waals surface area contributed by atoms with Crippen LogP contribution in [0.4, 0.5) is 5.69 Å². The smallest absolute Gasteiger partial charge is 0.259 e. The molecule has 0 heterocycles. The van der Waals surface area contributed by atoms with E-state index in [1.165, 1.54) is 19.2 Å². The van der Waals surface area contributed by atoms with Gasteiger partial charge in [0, 0.05) is 18.5 Å². The topological polar surface area (TPSA) is 87.7 Å². The van der Waals surface area contributed by atoms with Crippen molar-refractivity contribution in [2.45, 2.75) is 18.2 Å². The third-order valence-electron chi connectivity index (χ3n) is 2.87. The van der Waals surface area contributed by atoms with Gasteiger partial charge >= 0.3 is 0 Å². The molecule has 2 atom stereocenters. The molecule has 23 heavy (non-hydrogen) atoms. The largest absolute Gasteiger partial charge is 0.496 e. The van der Waals surface area contributed by atoms with Crippen molar-refractivity contribution in [3.8, 4) is 5.75 Å². The summed E-state index contributed by atoms with van der Waals surface area (Å²) in [5, 5.41) is 2.59. The minimum absolute atomic E-state index is 0.142. The average molecular weight is 404 g/mol. The molecule has 2 unspecified atom stereocenters. The molecule has 6 nitrogen and oxygen atoms in total. The standard InChI is InChI=1S/C13H17Cl3N2O4S/c1-22-12-6-10(16)11(18-23(20)21)5-9(12)13(19)17-7-8(15)3-2-4-14/h5-6,8,18H,2-4,7H2,1H3,(H,17,19)(H,20,21). The molecule has 0 aliphatic carbocycles. The van der Waals surface area contributed by atoms with Crippen LogP contribution in [0.5, 0.6) is 5.75 Å². The lowest BCUT2D eigenvalue weighted by Gasteiger charge is -2.14. The Morgan fingerprint density at radius 3 is 2.74 bits per heavy atom. The molecule has 130 valence electrons. The minimum Gasteiger partial charge on any atom is -0.496 e. The molecule has 10 heteroatoms. The molecule has 0 bridgehead atoms. The Morgan fingerprint density at radius 1 is 1.48 bits per heavy atom. The van der Waals surface area contributed by atoms with Gasteiger partial charge in [-0.25, -0.2) is 4.21 Å². The molecule has 0 aliphatic heterocycles. The van der Waals surface area contributed by atoms with Gasteiger partial charge in [0.1, 0.15) is 5.75 Å². The van der Waals surface area contributed by atoms with E-state index in [0.717, 1.165) is 6.42 Å². The van der Waals surface area contributed by atoms with Crippen LogP contribution in [0.25, 0.3) is 0 Å². The van der Waals surface area contributed by atoms with E-state index >= 15 is 0 Å². The van der Waals surface area contributed by atoms with Crippen molar-refractivity contribution in [3.05, 3.63) is 22.7 Å². The molecule has 0 spiro atoms. The second-order valence-corrected chi connectivity index (χ2v) is 6.63. The van der Waals surface area contributed by atoms with Crippen molar-refractivity contribution >= 4 is 57.7 Å². The molecular formula is C13H17Cl3N2O4S. The zero-order valence-electron chi connectivity index (χ0n) is 12.3. The van der Waals surface area contributed by atoms with Crippen molar-refractivity contribution in [2.24, 2.45) is 0 Å². The number of anilines is 1. The van der Waals surface area contributed by atoms with Crippen molar-refractivity contribution in [1.82, 2.24) is 5.32 Å². The summed E-state index contributed by atoms with van der Waals surface area (Å²) in [6.45, 7) is 0.262. The molecule has 0 radical (unpaired) electrons. The highest BCUT2D eigenvalue weighted by molar-refractivity contribution is 7.80. The van der Waals surface area contributed by atoms with Crippen LogP contribution in [0, 0.1) is 0 Å². The number of methoxy groups -OCH3 is 1. The molecule has 1 rings (SSSR count). The molecule has 1 aromatic carbocycles. The fourth-order valence-corrected chi connectivity index (χ4v) is 2.77. The lowest BCUT2D eigenvalue weighted by Crippen LogP contribution is -2.30. The fraction of sp³-hybridized carbons (Fsp3) is 0.462. The number of halogens is 3. The predicted molar refractivity (Wildman–Crippen MR) is 94.3 cm³/mol. The maximum atomic E-state index is 12.3. The maximum Gasteiger partial charge on any atom is 0.259 e. The molecule has 0 fully saturated rings. The first-order chi connectivity index (χ1) is 10.9. The highest BCUT2D eigenvalue weighted by Gasteiger charge is 2.17. The minimum atomic E-state index is -2.31. The van der Waals surface area contributed by atoms with E-state index in [1.54, 1.807) is 0 Å². The normalized spacial score (nSPS) is 13.3. The summed E-state index contributed by atoms with van der Waals surface area (Å²) in [6, 6.07) is 2.73. The van der Waals surface area contributed by atoms with E-state index in [0.29, 0.717) is 12.3 Å². The van der Waals surface area contributed by atoms with Crippen LogP contribution in [-0.4, -0.2) is 39.6 Å². The van der Waals surface area contributed by atoms with Gasteiger partial charge in [-0.05, 0) is 18.9 Å². The lowest BCUT2D eigenvalue weighted by atomic mass is 10.1. The molecule has 0 aromatic heterocycles. The first-order valence-corrected chi connectivity index (χ1v) is 9.07. The Balaban J connectivity index is 2.87. The number of rotatable bonds is 9. The Labute approximate surface area is 152 Å². The molecule has 0 aliphatic rings. The first-order valence-electron chi connectivity index (χ1n) is 6.62. The summed E-state index contributed by atoms with van der Waals surface area (Å²) in [4.78, 5) is 12.3. The van der Waals surface area contributed by atoms with E-state index in [2.05, 4.69) is 10.0 Å². The third-order valence-corrected chi connectivity index (χ3v) is 4.21. The number of alkyl halides is 2. The second-order valence-electron chi connectivity index (χ2n) is 4.52.